The van der Waals surface area contributed by atoms with Crippen molar-refractivity contribution >= 4 is 39.8 Å². The van der Waals surface area contributed by atoms with Gasteiger partial charge in [-0.15, -0.1) is 0 Å². The Bertz CT molecular complexity index is 1160. The molecule has 30 heavy (non-hydrogen) atoms. The maximum Gasteiger partial charge on any atom is 0.168 e. The topological polar surface area (TPSA) is 62.1 Å². The second kappa shape index (κ2) is 7.93. The fraction of sp³-hybridized carbons (Fsp3) is 0.227. The van der Waals surface area contributed by atoms with E-state index in [1.165, 1.54) is 12.0 Å². The molecule has 8 heteroatoms. The highest BCUT2D eigenvalue weighted by Gasteiger charge is 2.15. The Labute approximate surface area is 179 Å². The molecule has 1 N–H and O–H groups in total. The van der Waals surface area contributed by atoms with E-state index >= 15 is 0 Å². The van der Waals surface area contributed by atoms with Crippen molar-refractivity contribution in [2.45, 2.75) is 0 Å². The molecular formula is C22H22ClN7. The third-order valence-electron chi connectivity index (χ3n) is 5.46. The number of likely N-dealkylation sites (N-methyl/N-ethyl adjacent to an activating group) is 1. The second-order valence-corrected chi connectivity index (χ2v) is 7.83. The fourth-order valence-electron chi connectivity index (χ4n) is 3.69. The van der Waals surface area contributed by atoms with Gasteiger partial charge < -0.3 is 15.1 Å². The highest BCUT2D eigenvalue weighted by Crippen LogP contribution is 2.28. The molecule has 152 valence electrons. The summed E-state index contributed by atoms with van der Waals surface area (Å²) in [4.78, 5) is 13.6. The monoisotopic (exact) mass is 419 g/mol. The van der Waals surface area contributed by atoms with Crippen LogP contribution < -0.4 is 10.2 Å². The molecule has 0 atom stereocenters. The highest BCUT2D eigenvalue weighted by molar-refractivity contribution is 6.33. The number of nitrogens with one attached hydrogen (secondary N) is 1. The molecule has 0 radical (unpaired) electrons. The van der Waals surface area contributed by atoms with Gasteiger partial charge in [0.2, 0.25) is 0 Å². The van der Waals surface area contributed by atoms with Crippen LogP contribution >= 0.6 is 11.6 Å². The first-order valence-corrected chi connectivity index (χ1v) is 10.3. The molecule has 0 saturated carbocycles. The van der Waals surface area contributed by atoms with Crippen molar-refractivity contribution in [3.63, 3.8) is 0 Å². The number of para-hydroxylation sites is 1. The predicted molar refractivity (Wildman–Crippen MR) is 121 cm³/mol. The lowest BCUT2D eigenvalue weighted by Crippen LogP contribution is -2.44. The Morgan fingerprint density at radius 3 is 2.40 bits per heavy atom. The lowest BCUT2D eigenvalue weighted by atomic mass is 10.2. The van der Waals surface area contributed by atoms with Gasteiger partial charge in [-0.05, 0) is 43.4 Å². The number of hydrogen-bond donors (Lipinski definition) is 1. The van der Waals surface area contributed by atoms with Crippen LogP contribution in [0.1, 0.15) is 0 Å². The lowest BCUT2D eigenvalue weighted by molar-refractivity contribution is 0.313. The number of benzene rings is 2. The number of fused-ring (bicyclic) bond motifs is 1. The molecule has 2 aromatic heterocycles. The quantitative estimate of drug-likeness (QED) is 0.540. The van der Waals surface area contributed by atoms with Crippen LogP contribution in [0.4, 0.5) is 17.2 Å². The minimum atomic E-state index is 0.635. The Hall–Kier alpha value is -3.16. The molecule has 0 amide bonds. The van der Waals surface area contributed by atoms with E-state index in [0.717, 1.165) is 48.6 Å². The fourth-order valence-corrected chi connectivity index (χ4v) is 3.88. The predicted octanol–water partition coefficient (Wildman–Crippen LogP) is 3.96. The maximum atomic E-state index is 6.28. The molecule has 3 heterocycles. The Balaban J connectivity index is 1.43. The highest BCUT2D eigenvalue weighted by atomic mass is 35.5. The van der Waals surface area contributed by atoms with Crippen LogP contribution in [0.15, 0.2) is 61.1 Å². The molecule has 2 aromatic carbocycles. The van der Waals surface area contributed by atoms with Crippen LogP contribution in [-0.2, 0) is 0 Å². The molecule has 0 aliphatic carbocycles. The average molecular weight is 420 g/mol. The van der Waals surface area contributed by atoms with Crippen LogP contribution in [0.3, 0.4) is 0 Å². The largest absolute Gasteiger partial charge is 0.369 e. The number of nitrogens with zero attached hydrogens (tertiary/aromatic N) is 6. The van der Waals surface area contributed by atoms with Gasteiger partial charge in [0, 0.05) is 31.9 Å². The molecule has 1 fully saturated rings. The van der Waals surface area contributed by atoms with E-state index in [2.05, 4.69) is 61.5 Å². The van der Waals surface area contributed by atoms with Crippen molar-refractivity contribution in [1.82, 2.24) is 24.6 Å². The first-order valence-electron chi connectivity index (χ1n) is 9.93. The number of aromatic nitrogens is 4. The van der Waals surface area contributed by atoms with E-state index in [9.17, 15) is 0 Å². The van der Waals surface area contributed by atoms with Gasteiger partial charge in [-0.3, -0.25) is 0 Å². The van der Waals surface area contributed by atoms with Gasteiger partial charge in [0.05, 0.1) is 28.0 Å². The smallest absolute Gasteiger partial charge is 0.168 e. The average Bonchev–Trinajstić information content (AvgIpc) is 3.21. The number of rotatable bonds is 4. The van der Waals surface area contributed by atoms with Crippen molar-refractivity contribution in [2.75, 3.05) is 43.4 Å². The summed E-state index contributed by atoms with van der Waals surface area (Å²) in [5.41, 5.74) is 3.74. The standard InChI is InChI=1S/C22H22ClN7/c1-28-10-12-29(13-11-28)16-6-8-17(9-7-16)30-22-18(14-26-30)21(24-15-25-22)27-20-5-3-2-4-19(20)23/h2-9,14-15H,10-13H2,1H3,(H,24,25,27). The van der Waals surface area contributed by atoms with Crippen LogP contribution in [0, 0.1) is 0 Å². The lowest BCUT2D eigenvalue weighted by Gasteiger charge is -2.34. The summed E-state index contributed by atoms with van der Waals surface area (Å²) < 4.78 is 1.84. The van der Waals surface area contributed by atoms with Gasteiger partial charge in [-0.2, -0.15) is 5.10 Å². The Morgan fingerprint density at radius 1 is 0.900 bits per heavy atom. The summed E-state index contributed by atoms with van der Waals surface area (Å²) in [5, 5.41) is 9.32. The van der Waals surface area contributed by atoms with Crippen molar-refractivity contribution in [1.29, 1.82) is 0 Å². The van der Waals surface area contributed by atoms with Crippen molar-refractivity contribution in [2.24, 2.45) is 0 Å². The van der Waals surface area contributed by atoms with Gasteiger partial charge in [0.25, 0.3) is 0 Å². The summed E-state index contributed by atoms with van der Waals surface area (Å²) in [6.07, 6.45) is 3.32. The molecule has 7 nitrogen and oxygen atoms in total. The van der Waals surface area contributed by atoms with E-state index in [4.69, 9.17) is 11.6 Å². The van der Waals surface area contributed by atoms with Crippen molar-refractivity contribution < 1.29 is 0 Å². The minimum absolute atomic E-state index is 0.635. The van der Waals surface area contributed by atoms with E-state index in [0.29, 0.717) is 10.8 Å². The summed E-state index contributed by atoms with van der Waals surface area (Å²) in [5.74, 6) is 0.674. The van der Waals surface area contributed by atoms with Crippen molar-refractivity contribution in [3.8, 4) is 5.69 Å². The molecule has 4 aromatic rings. The summed E-state index contributed by atoms with van der Waals surface area (Å²) >= 11 is 6.28. The third-order valence-corrected chi connectivity index (χ3v) is 5.79. The van der Waals surface area contributed by atoms with Gasteiger partial charge in [0.1, 0.15) is 12.1 Å². The van der Waals surface area contributed by atoms with Crippen LogP contribution in [0.5, 0.6) is 0 Å². The zero-order chi connectivity index (χ0) is 20.5. The van der Waals surface area contributed by atoms with E-state index < -0.39 is 0 Å². The Kier molecular flexibility index (Phi) is 4.98. The molecule has 5 rings (SSSR count). The number of anilines is 3. The molecule has 1 aliphatic heterocycles. The molecule has 1 aliphatic rings. The first kappa shape index (κ1) is 18.8. The van der Waals surface area contributed by atoms with E-state index in [1.54, 1.807) is 6.20 Å². The summed E-state index contributed by atoms with van der Waals surface area (Å²) in [6, 6.07) is 16.1. The van der Waals surface area contributed by atoms with Crippen LogP contribution in [0.25, 0.3) is 16.7 Å². The van der Waals surface area contributed by atoms with E-state index in [1.807, 2.05) is 28.9 Å². The Morgan fingerprint density at radius 2 is 1.63 bits per heavy atom. The van der Waals surface area contributed by atoms with Crippen LogP contribution in [0.2, 0.25) is 5.02 Å². The van der Waals surface area contributed by atoms with Gasteiger partial charge >= 0.3 is 0 Å². The molecular weight excluding hydrogens is 398 g/mol. The molecule has 0 spiro atoms. The van der Waals surface area contributed by atoms with Crippen molar-refractivity contribution in [3.05, 3.63) is 66.1 Å². The van der Waals surface area contributed by atoms with Crippen LogP contribution in [-0.4, -0.2) is 57.9 Å². The van der Waals surface area contributed by atoms with Gasteiger partial charge in [-0.1, -0.05) is 23.7 Å². The molecule has 1 saturated heterocycles. The molecule has 0 bridgehead atoms. The van der Waals surface area contributed by atoms with Gasteiger partial charge in [0.15, 0.2) is 5.65 Å². The summed E-state index contributed by atoms with van der Waals surface area (Å²) in [7, 11) is 2.17. The maximum absolute atomic E-state index is 6.28. The van der Waals surface area contributed by atoms with Gasteiger partial charge in [-0.25, -0.2) is 14.6 Å². The number of hydrogen-bond acceptors (Lipinski definition) is 6. The normalized spacial score (nSPS) is 14.9. The number of piperazine rings is 1. The minimum Gasteiger partial charge on any atom is -0.369 e. The molecule has 0 unspecified atom stereocenters. The zero-order valence-electron chi connectivity index (χ0n) is 16.7. The SMILES string of the molecule is CN1CCN(c2ccc(-n3ncc4c(Nc5ccccc5Cl)ncnc43)cc2)CC1. The van der Waals surface area contributed by atoms with E-state index in [-0.39, 0.29) is 0 Å². The second-order valence-electron chi connectivity index (χ2n) is 7.43. The zero-order valence-corrected chi connectivity index (χ0v) is 17.4. The third kappa shape index (κ3) is 3.58. The number of halogens is 1. The first-order chi connectivity index (χ1) is 14.7. The summed E-state index contributed by atoms with van der Waals surface area (Å²) in [6.45, 7) is 4.27.